The van der Waals surface area contributed by atoms with E-state index in [0.29, 0.717) is 6.04 Å². The molecular weight excluding hydrogens is 274 g/mol. The van der Waals surface area contributed by atoms with Crippen LogP contribution in [-0.4, -0.2) is 47.9 Å². The second-order valence-electron chi connectivity index (χ2n) is 5.90. The summed E-state index contributed by atoms with van der Waals surface area (Å²) < 4.78 is 26.9. The van der Waals surface area contributed by atoms with Gasteiger partial charge in [0.2, 0.25) is 0 Å². The van der Waals surface area contributed by atoms with E-state index in [1.165, 1.54) is 0 Å². The predicted molar refractivity (Wildman–Crippen MR) is 78.2 cm³/mol. The molecule has 0 radical (unpaired) electrons. The molecule has 0 aromatic heterocycles. The van der Waals surface area contributed by atoms with Crippen LogP contribution < -0.4 is 0 Å². The van der Waals surface area contributed by atoms with Gasteiger partial charge >= 0.3 is 0 Å². The minimum Gasteiger partial charge on any atom is -0.339 e. The molecule has 116 valence electrons. The van der Waals surface area contributed by atoms with E-state index >= 15 is 0 Å². The van der Waals surface area contributed by atoms with E-state index in [1.54, 1.807) is 11.9 Å². The van der Waals surface area contributed by atoms with E-state index < -0.39 is 17.5 Å². The lowest BCUT2D eigenvalue weighted by molar-refractivity contribution is 0.0610. The fourth-order valence-electron chi connectivity index (χ4n) is 2.81. The van der Waals surface area contributed by atoms with E-state index in [0.717, 1.165) is 44.1 Å². The molecule has 0 atom stereocenters. The van der Waals surface area contributed by atoms with E-state index in [9.17, 15) is 13.6 Å². The highest BCUT2D eigenvalue weighted by molar-refractivity contribution is 5.94. The Bertz CT molecular complexity index is 511. The topological polar surface area (TPSA) is 23.6 Å². The number of carbonyl (C=O) groups excluding carboxylic acids is 1. The molecule has 21 heavy (non-hydrogen) atoms. The number of rotatable bonds is 3. The summed E-state index contributed by atoms with van der Waals surface area (Å²) in [7, 11) is 1.67. The number of likely N-dealkylation sites (tertiary alicyclic amines) is 1. The second kappa shape index (κ2) is 6.52. The Labute approximate surface area is 124 Å². The summed E-state index contributed by atoms with van der Waals surface area (Å²) in [6, 6.07) is 3.56. The SMILES string of the molecule is CC(C)N1CCC(N(C)C(=O)c2cc(F)ccc2F)CC1. The summed E-state index contributed by atoms with van der Waals surface area (Å²) in [6.45, 7) is 6.14. The highest BCUT2D eigenvalue weighted by Crippen LogP contribution is 2.20. The van der Waals surface area contributed by atoms with Crippen LogP contribution in [0, 0.1) is 11.6 Å². The predicted octanol–water partition coefficient (Wildman–Crippen LogP) is 2.91. The molecule has 1 aliphatic rings. The maximum absolute atomic E-state index is 13.7. The van der Waals surface area contributed by atoms with Crippen LogP contribution in [0.4, 0.5) is 8.78 Å². The zero-order valence-corrected chi connectivity index (χ0v) is 12.8. The monoisotopic (exact) mass is 296 g/mol. The van der Waals surface area contributed by atoms with Gasteiger partial charge in [0.25, 0.3) is 5.91 Å². The van der Waals surface area contributed by atoms with Gasteiger partial charge < -0.3 is 9.80 Å². The lowest BCUT2D eigenvalue weighted by Crippen LogP contribution is -2.47. The lowest BCUT2D eigenvalue weighted by atomic mass is 10.0. The largest absolute Gasteiger partial charge is 0.339 e. The average Bonchev–Trinajstić information content (AvgIpc) is 2.48. The zero-order valence-electron chi connectivity index (χ0n) is 12.8. The molecule has 1 saturated heterocycles. The van der Waals surface area contributed by atoms with Crippen LogP contribution in [0.1, 0.15) is 37.0 Å². The Hall–Kier alpha value is -1.49. The normalized spacial score (nSPS) is 17.2. The van der Waals surface area contributed by atoms with Crippen molar-refractivity contribution in [2.24, 2.45) is 0 Å². The van der Waals surface area contributed by atoms with Crippen LogP contribution in [0.2, 0.25) is 0 Å². The molecule has 2 rings (SSSR count). The maximum Gasteiger partial charge on any atom is 0.256 e. The smallest absolute Gasteiger partial charge is 0.256 e. The minimum atomic E-state index is -0.673. The number of benzene rings is 1. The summed E-state index contributed by atoms with van der Waals surface area (Å²) in [5, 5.41) is 0. The van der Waals surface area contributed by atoms with Gasteiger partial charge in [-0.2, -0.15) is 0 Å². The molecule has 0 unspecified atom stereocenters. The molecule has 0 aliphatic carbocycles. The second-order valence-corrected chi connectivity index (χ2v) is 5.90. The van der Waals surface area contributed by atoms with E-state index in [1.807, 2.05) is 0 Å². The van der Waals surface area contributed by atoms with E-state index in [4.69, 9.17) is 0 Å². The fraction of sp³-hybridized carbons (Fsp3) is 0.562. The van der Waals surface area contributed by atoms with Crippen molar-refractivity contribution < 1.29 is 13.6 Å². The molecule has 1 aromatic rings. The van der Waals surface area contributed by atoms with Crippen LogP contribution in [0.3, 0.4) is 0 Å². The summed E-state index contributed by atoms with van der Waals surface area (Å²) in [5.41, 5.74) is -0.191. The Morgan fingerprint density at radius 2 is 1.90 bits per heavy atom. The fourth-order valence-corrected chi connectivity index (χ4v) is 2.81. The van der Waals surface area contributed by atoms with Gasteiger partial charge in [-0.05, 0) is 44.9 Å². The van der Waals surface area contributed by atoms with Crippen molar-refractivity contribution in [3.05, 3.63) is 35.4 Å². The van der Waals surface area contributed by atoms with Crippen LogP contribution in [0.5, 0.6) is 0 Å². The number of hydrogen-bond acceptors (Lipinski definition) is 2. The van der Waals surface area contributed by atoms with Crippen LogP contribution in [0.25, 0.3) is 0 Å². The van der Waals surface area contributed by atoms with Gasteiger partial charge in [-0.25, -0.2) is 8.78 Å². The molecule has 0 bridgehead atoms. The molecule has 1 aliphatic heterocycles. The van der Waals surface area contributed by atoms with Gasteiger partial charge in [0.1, 0.15) is 11.6 Å². The Morgan fingerprint density at radius 3 is 2.48 bits per heavy atom. The first kappa shape index (κ1) is 15.9. The number of carbonyl (C=O) groups is 1. The molecule has 1 amide bonds. The molecule has 0 N–H and O–H groups in total. The van der Waals surface area contributed by atoms with E-state index in [-0.39, 0.29) is 11.6 Å². The quantitative estimate of drug-likeness (QED) is 0.856. The Kier molecular flexibility index (Phi) is 4.93. The van der Waals surface area contributed by atoms with Crippen molar-refractivity contribution in [3.63, 3.8) is 0 Å². The lowest BCUT2D eigenvalue weighted by Gasteiger charge is -2.38. The first-order chi connectivity index (χ1) is 9.90. The summed E-state index contributed by atoms with van der Waals surface area (Å²) in [5.74, 6) is -1.72. The average molecular weight is 296 g/mol. The van der Waals surface area contributed by atoms with Gasteiger partial charge in [-0.1, -0.05) is 0 Å². The van der Waals surface area contributed by atoms with Crippen LogP contribution in [-0.2, 0) is 0 Å². The van der Waals surface area contributed by atoms with Crippen molar-refractivity contribution in [1.29, 1.82) is 0 Å². The van der Waals surface area contributed by atoms with Crippen molar-refractivity contribution in [1.82, 2.24) is 9.80 Å². The van der Waals surface area contributed by atoms with Gasteiger partial charge in [-0.15, -0.1) is 0 Å². The molecule has 3 nitrogen and oxygen atoms in total. The highest BCUT2D eigenvalue weighted by atomic mass is 19.1. The Morgan fingerprint density at radius 1 is 1.29 bits per heavy atom. The van der Waals surface area contributed by atoms with Crippen molar-refractivity contribution >= 4 is 5.91 Å². The Balaban J connectivity index is 2.05. The zero-order chi connectivity index (χ0) is 15.6. The van der Waals surface area contributed by atoms with Gasteiger partial charge in [-0.3, -0.25) is 4.79 Å². The minimum absolute atomic E-state index is 0.0789. The van der Waals surface area contributed by atoms with Crippen molar-refractivity contribution in [3.8, 4) is 0 Å². The summed E-state index contributed by atoms with van der Waals surface area (Å²) in [4.78, 5) is 16.2. The van der Waals surface area contributed by atoms with Crippen LogP contribution >= 0.6 is 0 Å². The number of nitrogens with zero attached hydrogens (tertiary/aromatic N) is 2. The van der Waals surface area contributed by atoms with Crippen molar-refractivity contribution in [2.75, 3.05) is 20.1 Å². The maximum atomic E-state index is 13.7. The number of amides is 1. The van der Waals surface area contributed by atoms with Crippen LogP contribution in [0.15, 0.2) is 18.2 Å². The third-order valence-corrected chi connectivity index (χ3v) is 4.26. The third-order valence-electron chi connectivity index (χ3n) is 4.26. The van der Waals surface area contributed by atoms with Crippen molar-refractivity contribution in [2.45, 2.75) is 38.8 Å². The molecule has 1 fully saturated rings. The molecule has 1 aromatic carbocycles. The molecule has 1 heterocycles. The number of halogens is 2. The van der Waals surface area contributed by atoms with Gasteiger partial charge in [0.05, 0.1) is 5.56 Å². The molecule has 0 spiro atoms. The first-order valence-electron chi connectivity index (χ1n) is 7.36. The first-order valence-corrected chi connectivity index (χ1v) is 7.36. The van der Waals surface area contributed by atoms with Gasteiger partial charge in [0, 0.05) is 32.2 Å². The summed E-state index contributed by atoms with van der Waals surface area (Å²) >= 11 is 0. The van der Waals surface area contributed by atoms with Gasteiger partial charge in [0.15, 0.2) is 0 Å². The molecule has 5 heteroatoms. The molecule has 0 saturated carbocycles. The third kappa shape index (κ3) is 3.59. The highest BCUT2D eigenvalue weighted by Gasteiger charge is 2.28. The summed E-state index contributed by atoms with van der Waals surface area (Å²) in [6.07, 6.45) is 1.72. The standard InChI is InChI=1S/C16H22F2N2O/c1-11(2)20-8-6-13(7-9-20)19(3)16(21)14-10-12(17)4-5-15(14)18/h4-5,10-11,13H,6-9H2,1-3H3. The number of hydrogen-bond donors (Lipinski definition) is 0. The number of piperidine rings is 1. The van der Waals surface area contributed by atoms with E-state index in [2.05, 4.69) is 18.7 Å². The molecular formula is C16H22F2N2O.